The summed E-state index contributed by atoms with van der Waals surface area (Å²) in [5.74, 6) is -0.143. The number of aliphatic hydroxyl groups is 1. The quantitative estimate of drug-likeness (QED) is 0.530. The minimum atomic E-state index is -0.417. The number of carbonyl (C=O) groups is 1. The van der Waals surface area contributed by atoms with E-state index in [0.29, 0.717) is 18.7 Å². The Balaban J connectivity index is 1.76. The molecule has 0 unspecified atom stereocenters. The molecule has 0 aliphatic carbocycles. The molecule has 2 aromatic rings. The van der Waals surface area contributed by atoms with Crippen molar-refractivity contribution in [1.29, 1.82) is 0 Å². The Morgan fingerprint density at radius 3 is 2.74 bits per heavy atom. The van der Waals surface area contributed by atoms with E-state index in [1.807, 2.05) is 12.1 Å². The van der Waals surface area contributed by atoms with Crippen molar-refractivity contribution in [2.24, 2.45) is 0 Å². The summed E-state index contributed by atoms with van der Waals surface area (Å²) in [6.07, 6.45) is 2.73. The van der Waals surface area contributed by atoms with Crippen LogP contribution in [0.15, 0.2) is 42.5 Å². The third-order valence-corrected chi connectivity index (χ3v) is 4.64. The van der Waals surface area contributed by atoms with E-state index < -0.39 is 11.0 Å². The average Bonchev–Trinajstić information content (AvgIpc) is 2.98. The van der Waals surface area contributed by atoms with Gasteiger partial charge in [0, 0.05) is 35.0 Å². The lowest BCUT2D eigenvalue weighted by Gasteiger charge is -2.34. The van der Waals surface area contributed by atoms with Crippen LogP contribution in [0.1, 0.15) is 4.88 Å². The van der Waals surface area contributed by atoms with Gasteiger partial charge in [-0.25, -0.2) is 0 Å². The van der Waals surface area contributed by atoms with Crippen LogP contribution in [-0.2, 0) is 4.79 Å². The van der Waals surface area contributed by atoms with Crippen LogP contribution in [-0.4, -0.2) is 40.0 Å². The van der Waals surface area contributed by atoms with Crippen LogP contribution in [0.2, 0.25) is 0 Å². The Kier molecular flexibility index (Phi) is 4.22. The molecule has 1 aromatic carbocycles. The van der Waals surface area contributed by atoms with Gasteiger partial charge in [0.15, 0.2) is 0 Å². The molecule has 1 saturated heterocycles. The summed E-state index contributed by atoms with van der Waals surface area (Å²) < 4.78 is 0. The van der Waals surface area contributed by atoms with Gasteiger partial charge in [0.1, 0.15) is 0 Å². The number of amides is 1. The number of para-hydroxylation sites is 1. The molecular weight excluding hydrogens is 316 g/mol. The van der Waals surface area contributed by atoms with Gasteiger partial charge in [-0.1, -0.05) is 12.1 Å². The number of carbonyl (C=O) groups excluding carboxylic acids is 1. The Hall–Kier alpha value is -2.51. The molecule has 1 aromatic heterocycles. The predicted octanol–water partition coefficient (Wildman–Crippen LogP) is 2.54. The number of likely N-dealkylation sites (tertiary alicyclic amines) is 1. The van der Waals surface area contributed by atoms with E-state index in [0.717, 1.165) is 9.75 Å². The van der Waals surface area contributed by atoms with Crippen LogP contribution in [0.3, 0.4) is 0 Å². The molecule has 2 heterocycles. The second-order valence-electron chi connectivity index (χ2n) is 5.21. The zero-order valence-electron chi connectivity index (χ0n) is 12.1. The first kappa shape index (κ1) is 15.4. The molecule has 0 bridgehead atoms. The van der Waals surface area contributed by atoms with Crippen LogP contribution < -0.4 is 0 Å². The van der Waals surface area contributed by atoms with Gasteiger partial charge in [0.05, 0.1) is 16.6 Å². The average molecular weight is 330 g/mol. The fraction of sp³-hybridized carbons (Fsp3) is 0.188. The Morgan fingerprint density at radius 2 is 2.04 bits per heavy atom. The highest BCUT2D eigenvalue weighted by Gasteiger charge is 2.27. The van der Waals surface area contributed by atoms with E-state index in [9.17, 15) is 20.0 Å². The second kappa shape index (κ2) is 6.31. The van der Waals surface area contributed by atoms with Crippen LogP contribution in [0, 0.1) is 10.1 Å². The zero-order valence-corrected chi connectivity index (χ0v) is 12.9. The number of benzene rings is 1. The molecule has 1 aliphatic heterocycles. The van der Waals surface area contributed by atoms with Gasteiger partial charge in [-0.3, -0.25) is 14.9 Å². The Morgan fingerprint density at radius 1 is 1.30 bits per heavy atom. The van der Waals surface area contributed by atoms with Gasteiger partial charge in [-0.2, -0.15) is 0 Å². The largest absolute Gasteiger partial charge is 0.389 e. The third-order valence-electron chi connectivity index (χ3n) is 3.56. The lowest BCUT2D eigenvalue weighted by molar-refractivity contribution is -0.384. The number of hydrogen-bond acceptors (Lipinski definition) is 5. The minimum Gasteiger partial charge on any atom is -0.389 e. The van der Waals surface area contributed by atoms with Crippen molar-refractivity contribution < 1.29 is 14.8 Å². The molecule has 6 nitrogen and oxygen atoms in total. The molecule has 1 amide bonds. The zero-order chi connectivity index (χ0) is 16.4. The van der Waals surface area contributed by atoms with Crippen molar-refractivity contribution in [2.75, 3.05) is 13.1 Å². The van der Waals surface area contributed by atoms with Gasteiger partial charge >= 0.3 is 0 Å². The van der Waals surface area contributed by atoms with Crippen molar-refractivity contribution in [3.05, 3.63) is 57.5 Å². The minimum absolute atomic E-state index is 0.0653. The summed E-state index contributed by atoms with van der Waals surface area (Å²) in [5.41, 5.74) is 0.634. The fourth-order valence-corrected chi connectivity index (χ4v) is 3.27. The molecule has 1 fully saturated rings. The number of nitro groups is 1. The summed E-state index contributed by atoms with van der Waals surface area (Å²) in [5, 5.41) is 20.3. The van der Waals surface area contributed by atoms with E-state index in [4.69, 9.17) is 0 Å². The normalized spacial score (nSPS) is 14.9. The van der Waals surface area contributed by atoms with Crippen molar-refractivity contribution >= 4 is 29.0 Å². The third kappa shape index (κ3) is 3.30. The Labute approximate surface area is 136 Å². The first-order valence-corrected chi connectivity index (χ1v) is 7.85. The Bertz CT molecular complexity index is 778. The first-order chi connectivity index (χ1) is 11.0. The van der Waals surface area contributed by atoms with Crippen LogP contribution in [0.4, 0.5) is 5.69 Å². The smallest absolute Gasteiger partial charge is 0.278 e. The summed E-state index contributed by atoms with van der Waals surface area (Å²) in [6, 6.07) is 10.2. The molecular formula is C16H14N2O4S. The molecule has 0 radical (unpaired) electrons. The fourth-order valence-electron chi connectivity index (χ4n) is 2.32. The number of nitro benzene ring substituents is 1. The number of rotatable bonds is 4. The summed E-state index contributed by atoms with van der Waals surface area (Å²) >= 11 is 1.39. The van der Waals surface area contributed by atoms with Crippen LogP contribution in [0.5, 0.6) is 0 Å². The van der Waals surface area contributed by atoms with E-state index in [1.165, 1.54) is 23.5 Å². The van der Waals surface area contributed by atoms with Gasteiger partial charge in [-0.15, -0.1) is 11.3 Å². The van der Waals surface area contributed by atoms with E-state index in [-0.39, 0.29) is 11.6 Å². The monoisotopic (exact) mass is 330 g/mol. The highest BCUT2D eigenvalue weighted by molar-refractivity contribution is 7.16. The topological polar surface area (TPSA) is 83.7 Å². The maximum atomic E-state index is 11.8. The van der Waals surface area contributed by atoms with Gasteiger partial charge in [-0.05, 0) is 24.3 Å². The van der Waals surface area contributed by atoms with Crippen molar-refractivity contribution in [3.8, 4) is 10.4 Å². The predicted molar refractivity (Wildman–Crippen MR) is 88.0 cm³/mol. The number of thiophene rings is 1. The summed E-state index contributed by atoms with van der Waals surface area (Å²) in [6.45, 7) is 0.740. The molecule has 3 rings (SSSR count). The number of hydrogen-bond donors (Lipinski definition) is 1. The standard InChI is InChI=1S/C16H14N2O4S/c19-11-9-17(10-11)16(20)8-6-12-5-7-15(23-12)13-3-1-2-4-14(13)18(21)22/h1-8,11,19H,9-10H2/b8-6+. The molecule has 23 heavy (non-hydrogen) atoms. The van der Waals surface area contributed by atoms with Gasteiger partial charge in [0.2, 0.25) is 5.91 Å². The van der Waals surface area contributed by atoms with Crippen LogP contribution in [0.25, 0.3) is 16.5 Å². The SMILES string of the molecule is O=C(/C=C/c1ccc(-c2ccccc2[N+](=O)[O-])s1)N1CC(O)C1. The first-order valence-electron chi connectivity index (χ1n) is 7.03. The van der Waals surface area contributed by atoms with Gasteiger partial charge < -0.3 is 10.0 Å². The van der Waals surface area contributed by atoms with E-state index in [1.54, 1.807) is 29.2 Å². The highest BCUT2D eigenvalue weighted by Crippen LogP contribution is 2.35. The lowest BCUT2D eigenvalue weighted by atomic mass is 10.1. The molecule has 0 saturated carbocycles. The number of nitrogens with zero attached hydrogens (tertiary/aromatic N) is 2. The van der Waals surface area contributed by atoms with Crippen LogP contribution >= 0.6 is 11.3 Å². The molecule has 1 aliphatic rings. The number of β-amino-alcohol motifs (C(OH)–C–C–N with tert-alkyl or cyclic N) is 1. The van der Waals surface area contributed by atoms with Crippen molar-refractivity contribution in [2.45, 2.75) is 6.10 Å². The number of aliphatic hydroxyl groups excluding tert-OH is 1. The summed E-state index contributed by atoms with van der Waals surface area (Å²) in [4.78, 5) is 25.7. The van der Waals surface area contributed by atoms with Crippen molar-refractivity contribution in [3.63, 3.8) is 0 Å². The summed E-state index contributed by atoms with van der Waals surface area (Å²) in [7, 11) is 0. The van der Waals surface area contributed by atoms with E-state index in [2.05, 4.69) is 0 Å². The maximum Gasteiger partial charge on any atom is 0.278 e. The lowest BCUT2D eigenvalue weighted by Crippen LogP contribution is -2.52. The maximum absolute atomic E-state index is 11.8. The van der Waals surface area contributed by atoms with Gasteiger partial charge in [0.25, 0.3) is 5.69 Å². The van der Waals surface area contributed by atoms with E-state index >= 15 is 0 Å². The molecule has 118 valence electrons. The second-order valence-corrected chi connectivity index (χ2v) is 6.32. The molecule has 7 heteroatoms. The molecule has 0 spiro atoms. The highest BCUT2D eigenvalue weighted by atomic mass is 32.1. The molecule has 0 atom stereocenters. The van der Waals surface area contributed by atoms with Crippen molar-refractivity contribution in [1.82, 2.24) is 4.90 Å². The molecule has 1 N–H and O–H groups in total.